The lowest BCUT2D eigenvalue weighted by molar-refractivity contribution is -0.137. The summed E-state index contributed by atoms with van der Waals surface area (Å²) >= 11 is 5.62. The third kappa shape index (κ3) is 3.01. The molecular formula is C13H16ClF3N2O. The first-order chi connectivity index (χ1) is 9.20. The lowest BCUT2D eigenvalue weighted by atomic mass is 9.88. The van der Waals surface area contributed by atoms with Crippen molar-refractivity contribution in [2.45, 2.75) is 26.1 Å². The molecule has 1 aromatic heterocycles. The molecule has 3 nitrogen and oxygen atoms in total. The third-order valence-corrected chi connectivity index (χ3v) is 3.83. The summed E-state index contributed by atoms with van der Waals surface area (Å²) in [7, 11) is 0. The van der Waals surface area contributed by atoms with Crippen molar-refractivity contribution in [3.8, 4) is 0 Å². The molecule has 0 aromatic carbocycles. The van der Waals surface area contributed by atoms with Crippen LogP contribution in [0.4, 0.5) is 19.0 Å². The molecule has 2 atom stereocenters. The number of hydrogen-bond acceptors (Lipinski definition) is 3. The van der Waals surface area contributed by atoms with Gasteiger partial charge < -0.3 is 10.0 Å². The summed E-state index contributed by atoms with van der Waals surface area (Å²) in [5.41, 5.74) is -0.833. The number of piperidine rings is 1. The zero-order valence-electron chi connectivity index (χ0n) is 11.2. The van der Waals surface area contributed by atoms with Crippen molar-refractivity contribution in [2.24, 2.45) is 11.8 Å². The predicted octanol–water partition coefficient (Wildman–Crippen LogP) is 3.21. The number of hydrogen-bond donors (Lipinski definition) is 1. The van der Waals surface area contributed by atoms with Crippen LogP contribution in [0.15, 0.2) is 12.3 Å². The van der Waals surface area contributed by atoms with Gasteiger partial charge in [-0.2, -0.15) is 13.2 Å². The molecule has 0 radical (unpaired) electrons. The molecule has 1 N–H and O–H groups in total. The number of nitrogens with zero attached hydrogens (tertiary/aromatic N) is 2. The first-order valence-corrected chi connectivity index (χ1v) is 6.73. The number of alkyl halides is 3. The zero-order valence-corrected chi connectivity index (χ0v) is 11.9. The summed E-state index contributed by atoms with van der Waals surface area (Å²) in [6, 6.07) is 0.893. The fourth-order valence-corrected chi connectivity index (χ4v) is 2.77. The summed E-state index contributed by atoms with van der Waals surface area (Å²) in [6.07, 6.45) is -3.80. The van der Waals surface area contributed by atoms with E-state index in [0.717, 1.165) is 6.07 Å². The van der Waals surface area contributed by atoms with Crippen LogP contribution in [0.25, 0.3) is 0 Å². The fraction of sp³-hybridized carbons (Fsp3) is 0.615. The van der Waals surface area contributed by atoms with Gasteiger partial charge in [0.15, 0.2) is 0 Å². The van der Waals surface area contributed by atoms with Gasteiger partial charge in [0, 0.05) is 19.3 Å². The maximum atomic E-state index is 13.1. The maximum Gasteiger partial charge on any atom is 0.420 e. The highest BCUT2D eigenvalue weighted by molar-refractivity contribution is 6.30. The van der Waals surface area contributed by atoms with E-state index in [1.807, 2.05) is 13.8 Å². The first-order valence-electron chi connectivity index (χ1n) is 6.36. The van der Waals surface area contributed by atoms with Crippen molar-refractivity contribution in [2.75, 3.05) is 18.0 Å². The van der Waals surface area contributed by atoms with Gasteiger partial charge in [0.1, 0.15) is 5.82 Å². The third-order valence-electron chi connectivity index (χ3n) is 3.62. The largest absolute Gasteiger partial charge is 0.420 e. The number of aliphatic hydroxyl groups is 1. The molecular weight excluding hydrogens is 293 g/mol. The number of aromatic nitrogens is 1. The zero-order chi connectivity index (χ0) is 15.1. The summed E-state index contributed by atoms with van der Waals surface area (Å²) in [5, 5.41) is 9.85. The van der Waals surface area contributed by atoms with Crippen molar-refractivity contribution in [3.05, 3.63) is 22.8 Å². The van der Waals surface area contributed by atoms with Gasteiger partial charge in [0.2, 0.25) is 0 Å². The van der Waals surface area contributed by atoms with Crippen molar-refractivity contribution in [1.29, 1.82) is 0 Å². The Morgan fingerprint density at radius 3 is 2.35 bits per heavy atom. The molecule has 0 amide bonds. The molecule has 2 rings (SSSR count). The lowest BCUT2D eigenvalue weighted by Gasteiger charge is -2.40. The number of aliphatic hydroxyl groups excluding tert-OH is 1. The minimum absolute atomic E-state index is 0.0424. The van der Waals surface area contributed by atoms with Crippen molar-refractivity contribution < 1.29 is 18.3 Å². The van der Waals surface area contributed by atoms with Gasteiger partial charge in [-0.3, -0.25) is 0 Å². The smallest absolute Gasteiger partial charge is 0.392 e. The molecule has 1 aromatic rings. The van der Waals surface area contributed by atoms with E-state index in [9.17, 15) is 18.3 Å². The Balaban J connectivity index is 2.38. The number of pyridine rings is 1. The van der Waals surface area contributed by atoms with Gasteiger partial charge in [0.25, 0.3) is 0 Å². The first kappa shape index (κ1) is 15.4. The van der Waals surface area contributed by atoms with E-state index in [1.165, 1.54) is 6.20 Å². The van der Waals surface area contributed by atoms with Gasteiger partial charge in [-0.05, 0) is 17.9 Å². The Labute approximate surface area is 120 Å². The molecule has 0 bridgehead atoms. The van der Waals surface area contributed by atoms with Crippen LogP contribution < -0.4 is 4.90 Å². The van der Waals surface area contributed by atoms with Crippen LogP contribution in [0.2, 0.25) is 5.02 Å². The summed E-state index contributed by atoms with van der Waals surface area (Å²) < 4.78 is 39.2. The fourth-order valence-electron chi connectivity index (χ4n) is 2.61. The number of rotatable bonds is 1. The van der Waals surface area contributed by atoms with E-state index < -0.39 is 17.8 Å². The van der Waals surface area contributed by atoms with Crippen molar-refractivity contribution in [1.82, 2.24) is 4.98 Å². The minimum Gasteiger partial charge on any atom is -0.392 e. The van der Waals surface area contributed by atoms with E-state index in [0.29, 0.717) is 13.1 Å². The molecule has 1 saturated heterocycles. The maximum absolute atomic E-state index is 13.1. The van der Waals surface area contributed by atoms with E-state index in [2.05, 4.69) is 4.98 Å². The van der Waals surface area contributed by atoms with Gasteiger partial charge in [-0.15, -0.1) is 0 Å². The second kappa shape index (κ2) is 5.41. The Bertz CT molecular complexity index is 483. The van der Waals surface area contributed by atoms with Crippen molar-refractivity contribution >= 4 is 17.4 Å². The van der Waals surface area contributed by atoms with Crippen LogP contribution in [0.3, 0.4) is 0 Å². The molecule has 1 aliphatic rings. The van der Waals surface area contributed by atoms with Gasteiger partial charge in [-0.1, -0.05) is 25.4 Å². The molecule has 7 heteroatoms. The van der Waals surface area contributed by atoms with Crippen LogP contribution in [-0.2, 0) is 6.18 Å². The van der Waals surface area contributed by atoms with Crippen LogP contribution >= 0.6 is 11.6 Å². The highest BCUT2D eigenvalue weighted by Crippen LogP contribution is 2.38. The lowest BCUT2D eigenvalue weighted by Crippen LogP contribution is -2.48. The van der Waals surface area contributed by atoms with Gasteiger partial charge in [0.05, 0.1) is 16.7 Å². The molecule has 0 spiro atoms. The second-order valence-electron chi connectivity index (χ2n) is 5.37. The molecule has 1 fully saturated rings. The Kier molecular flexibility index (Phi) is 4.16. The van der Waals surface area contributed by atoms with Crippen LogP contribution in [0.5, 0.6) is 0 Å². The van der Waals surface area contributed by atoms with Crippen LogP contribution in [0.1, 0.15) is 19.4 Å². The summed E-state index contributed by atoms with van der Waals surface area (Å²) in [4.78, 5) is 5.43. The van der Waals surface area contributed by atoms with Crippen LogP contribution in [0, 0.1) is 11.8 Å². The Morgan fingerprint density at radius 2 is 1.85 bits per heavy atom. The quantitative estimate of drug-likeness (QED) is 0.865. The van der Waals surface area contributed by atoms with Crippen LogP contribution in [-0.4, -0.2) is 29.3 Å². The van der Waals surface area contributed by atoms with Gasteiger partial charge >= 0.3 is 6.18 Å². The van der Waals surface area contributed by atoms with Crippen molar-refractivity contribution in [3.63, 3.8) is 0 Å². The van der Waals surface area contributed by atoms with E-state index >= 15 is 0 Å². The van der Waals surface area contributed by atoms with Gasteiger partial charge in [-0.25, -0.2) is 4.98 Å². The number of anilines is 1. The molecule has 112 valence electrons. The Morgan fingerprint density at radius 1 is 1.30 bits per heavy atom. The topological polar surface area (TPSA) is 36.4 Å². The second-order valence-corrected chi connectivity index (χ2v) is 5.81. The Hall–Kier alpha value is -1.01. The molecule has 0 aliphatic carbocycles. The molecule has 2 unspecified atom stereocenters. The summed E-state index contributed by atoms with van der Waals surface area (Å²) in [5.74, 6) is -0.345. The number of halogens is 4. The normalized spacial score (nSPS) is 27.8. The average molecular weight is 309 g/mol. The average Bonchev–Trinajstić information content (AvgIpc) is 2.34. The summed E-state index contributed by atoms with van der Waals surface area (Å²) in [6.45, 7) is 4.31. The molecule has 0 saturated carbocycles. The molecule has 2 heterocycles. The van der Waals surface area contributed by atoms with E-state index in [1.54, 1.807) is 4.90 Å². The SMILES string of the molecule is CC1CN(c2ncc(Cl)cc2C(F)(F)F)CC(C)C1O. The predicted molar refractivity (Wildman–Crippen MR) is 70.8 cm³/mol. The standard InChI is InChI=1S/C13H16ClF3N2O/c1-7-5-19(6-8(2)11(7)20)12-10(13(15,16)17)3-9(14)4-18-12/h3-4,7-8,11,20H,5-6H2,1-2H3. The minimum atomic E-state index is -4.50. The van der Waals surface area contributed by atoms with E-state index in [-0.39, 0.29) is 22.7 Å². The highest BCUT2D eigenvalue weighted by atomic mass is 35.5. The van der Waals surface area contributed by atoms with E-state index in [4.69, 9.17) is 11.6 Å². The molecule has 20 heavy (non-hydrogen) atoms. The molecule has 1 aliphatic heterocycles. The highest BCUT2D eigenvalue weighted by Gasteiger charge is 2.39. The monoisotopic (exact) mass is 308 g/mol.